The molecule has 5 nitrogen and oxygen atoms in total. The zero-order valence-electron chi connectivity index (χ0n) is 12.2. The largest absolute Gasteiger partial charge is 0.504 e. The third kappa shape index (κ3) is 3.27. The number of nitriles is 1. The van der Waals surface area contributed by atoms with Crippen molar-refractivity contribution < 1.29 is 14.6 Å². The van der Waals surface area contributed by atoms with Crippen LogP contribution >= 0.6 is 0 Å². The second kappa shape index (κ2) is 6.49. The maximum Gasteiger partial charge on any atom is 0.240 e. The fourth-order valence-electron chi connectivity index (χ4n) is 2.74. The average Bonchev–Trinajstić information content (AvgIpc) is 2.53. The van der Waals surface area contributed by atoms with Crippen LogP contribution in [0, 0.1) is 16.7 Å². The van der Waals surface area contributed by atoms with E-state index in [1.807, 2.05) is 0 Å². The normalized spacial score (nSPS) is 16.8. The molecule has 0 aromatic heterocycles. The van der Waals surface area contributed by atoms with Crippen molar-refractivity contribution in [1.29, 1.82) is 5.26 Å². The maximum absolute atomic E-state index is 12.3. The van der Waals surface area contributed by atoms with Gasteiger partial charge in [0, 0.05) is 6.54 Å². The van der Waals surface area contributed by atoms with Crippen LogP contribution in [0.2, 0.25) is 0 Å². The SMILES string of the molecule is COc1ccc(CNC(=O)C2(C#N)CCCCC2)cc1O. The number of rotatable bonds is 4. The van der Waals surface area contributed by atoms with Crippen molar-refractivity contribution in [2.24, 2.45) is 5.41 Å². The van der Waals surface area contributed by atoms with Gasteiger partial charge < -0.3 is 15.2 Å². The molecule has 1 aromatic rings. The monoisotopic (exact) mass is 288 g/mol. The van der Waals surface area contributed by atoms with Crippen LogP contribution in [0.1, 0.15) is 37.7 Å². The lowest BCUT2D eigenvalue weighted by Crippen LogP contribution is -2.41. The molecular weight excluding hydrogens is 268 g/mol. The quantitative estimate of drug-likeness (QED) is 0.891. The van der Waals surface area contributed by atoms with E-state index in [9.17, 15) is 15.2 Å². The van der Waals surface area contributed by atoms with Crippen molar-refractivity contribution in [2.45, 2.75) is 38.6 Å². The summed E-state index contributed by atoms with van der Waals surface area (Å²) in [5.41, 5.74) is -0.113. The summed E-state index contributed by atoms with van der Waals surface area (Å²) in [6.45, 7) is 0.291. The summed E-state index contributed by atoms with van der Waals surface area (Å²) in [5, 5.41) is 21.9. The van der Waals surface area contributed by atoms with Gasteiger partial charge in [0.25, 0.3) is 0 Å². The first-order valence-corrected chi connectivity index (χ1v) is 7.17. The summed E-state index contributed by atoms with van der Waals surface area (Å²) in [4.78, 5) is 12.3. The van der Waals surface area contributed by atoms with Crippen molar-refractivity contribution >= 4 is 5.91 Å². The molecule has 0 saturated heterocycles. The lowest BCUT2D eigenvalue weighted by molar-refractivity contribution is -0.129. The Balaban J connectivity index is 2.00. The highest BCUT2D eigenvalue weighted by Crippen LogP contribution is 2.36. The number of hydrogen-bond acceptors (Lipinski definition) is 4. The lowest BCUT2D eigenvalue weighted by Gasteiger charge is -2.29. The fraction of sp³-hybridized carbons (Fsp3) is 0.500. The summed E-state index contributed by atoms with van der Waals surface area (Å²) < 4.78 is 4.97. The van der Waals surface area contributed by atoms with Crippen LogP contribution in [0.3, 0.4) is 0 Å². The third-order valence-corrected chi connectivity index (χ3v) is 4.05. The molecule has 0 heterocycles. The Labute approximate surface area is 124 Å². The average molecular weight is 288 g/mol. The second-order valence-electron chi connectivity index (χ2n) is 5.44. The Morgan fingerprint density at radius 2 is 2.14 bits per heavy atom. The Hall–Kier alpha value is -2.22. The minimum absolute atomic E-state index is 0.0388. The Morgan fingerprint density at radius 3 is 2.71 bits per heavy atom. The van der Waals surface area contributed by atoms with Crippen LogP contribution in [-0.4, -0.2) is 18.1 Å². The summed E-state index contributed by atoms with van der Waals surface area (Å²) in [6.07, 6.45) is 4.18. The molecule has 0 bridgehead atoms. The fourth-order valence-corrected chi connectivity index (χ4v) is 2.74. The van der Waals surface area contributed by atoms with Crippen LogP contribution in [0.25, 0.3) is 0 Å². The molecular formula is C16H20N2O3. The summed E-state index contributed by atoms with van der Waals surface area (Å²) in [7, 11) is 1.48. The highest BCUT2D eigenvalue weighted by Gasteiger charge is 2.39. The minimum Gasteiger partial charge on any atom is -0.504 e. The number of hydrogen-bond donors (Lipinski definition) is 2. The van der Waals surface area contributed by atoms with Crippen molar-refractivity contribution in [3.8, 4) is 17.6 Å². The molecule has 2 N–H and O–H groups in total. The van der Waals surface area contributed by atoms with E-state index >= 15 is 0 Å². The number of benzene rings is 1. The van der Waals surface area contributed by atoms with Gasteiger partial charge in [0.1, 0.15) is 5.41 Å². The molecule has 0 aliphatic heterocycles. The Bertz CT molecular complexity index is 557. The molecule has 1 amide bonds. The first-order valence-electron chi connectivity index (χ1n) is 7.17. The lowest BCUT2D eigenvalue weighted by atomic mass is 9.74. The van der Waals surface area contributed by atoms with Gasteiger partial charge in [-0.15, -0.1) is 0 Å². The number of phenolic OH excluding ortho intramolecular Hbond substituents is 1. The standard InChI is InChI=1S/C16H20N2O3/c1-21-14-6-5-12(9-13(14)19)10-18-15(20)16(11-17)7-3-2-4-8-16/h5-6,9,19H,2-4,7-8,10H2,1H3,(H,18,20). The van der Waals surface area contributed by atoms with Gasteiger partial charge in [-0.3, -0.25) is 4.79 Å². The van der Waals surface area contributed by atoms with Gasteiger partial charge in [-0.25, -0.2) is 0 Å². The van der Waals surface area contributed by atoms with Gasteiger partial charge in [0.05, 0.1) is 13.2 Å². The number of amides is 1. The van der Waals surface area contributed by atoms with Gasteiger partial charge in [-0.05, 0) is 30.5 Å². The molecule has 1 aliphatic carbocycles. The molecule has 0 unspecified atom stereocenters. The number of carbonyl (C=O) groups excluding carboxylic acids is 1. The van der Waals surface area contributed by atoms with Crippen LogP contribution in [0.15, 0.2) is 18.2 Å². The van der Waals surface area contributed by atoms with Crippen molar-refractivity contribution in [3.63, 3.8) is 0 Å². The van der Waals surface area contributed by atoms with Gasteiger partial charge >= 0.3 is 0 Å². The molecule has 1 aliphatic rings. The zero-order valence-corrected chi connectivity index (χ0v) is 12.2. The molecule has 0 spiro atoms. The van der Waals surface area contributed by atoms with Gasteiger partial charge in [-0.2, -0.15) is 5.26 Å². The highest BCUT2D eigenvalue weighted by atomic mass is 16.5. The minimum atomic E-state index is -0.882. The maximum atomic E-state index is 12.3. The van der Waals surface area contributed by atoms with Crippen molar-refractivity contribution in [3.05, 3.63) is 23.8 Å². The molecule has 1 saturated carbocycles. The van der Waals surface area contributed by atoms with Crippen molar-refractivity contribution in [2.75, 3.05) is 7.11 Å². The zero-order chi connectivity index (χ0) is 15.3. The number of nitrogens with one attached hydrogen (secondary N) is 1. The molecule has 112 valence electrons. The summed E-state index contributed by atoms with van der Waals surface area (Å²) >= 11 is 0. The van der Waals surface area contributed by atoms with E-state index in [1.54, 1.807) is 18.2 Å². The summed E-state index contributed by atoms with van der Waals surface area (Å²) in [5.74, 6) is 0.225. The number of nitrogens with zero attached hydrogens (tertiary/aromatic N) is 1. The van der Waals surface area contributed by atoms with E-state index in [0.717, 1.165) is 24.8 Å². The number of ether oxygens (including phenoxy) is 1. The topological polar surface area (TPSA) is 82.3 Å². The smallest absolute Gasteiger partial charge is 0.240 e. The van der Waals surface area contributed by atoms with Crippen LogP contribution < -0.4 is 10.1 Å². The van der Waals surface area contributed by atoms with Gasteiger partial charge in [0.15, 0.2) is 11.5 Å². The van der Waals surface area contributed by atoms with E-state index in [1.165, 1.54) is 7.11 Å². The number of methoxy groups -OCH3 is 1. The predicted molar refractivity (Wildman–Crippen MR) is 77.6 cm³/mol. The van der Waals surface area contributed by atoms with E-state index in [-0.39, 0.29) is 11.7 Å². The third-order valence-electron chi connectivity index (χ3n) is 4.05. The van der Waals surface area contributed by atoms with Crippen LogP contribution in [-0.2, 0) is 11.3 Å². The molecule has 0 radical (unpaired) electrons. The van der Waals surface area contributed by atoms with Gasteiger partial charge in [0.2, 0.25) is 5.91 Å². The molecule has 1 aromatic carbocycles. The Kier molecular flexibility index (Phi) is 4.69. The predicted octanol–water partition coefficient (Wildman–Crippen LogP) is 2.49. The number of aromatic hydroxyl groups is 1. The molecule has 21 heavy (non-hydrogen) atoms. The van der Waals surface area contributed by atoms with Crippen molar-refractivity contribution in [1.82, 2.24) is 5.32 Å². The second-order valence-corrected chi connectivity index (χ2v) is 5.44. The highest BCUT2D eigenvalue weighted by molar-refractivity contribution is 5.85. The molecule has 1 fully saturated rings. The number of phenols is 1. The van der Waals surface area contributed by atoms with E-state index in [0.29, 0.717) is 25.1 Å². The van der Waals surface area contributed by atoms with Crippen LogP contribution in [0.4, 0.5) is 0 Å². The summed E-state index contributed by atoms with van der Waals surface area (Å²) in [6, 6.07) is 7.18. The van der Waals surface area contributed by atoms with E-state index < -0.39 is 5.41 Å². The Morgan fingerprint density at radius 1 is 1.43 bits per heavy atom. The van der Waals surface area contributed by atoms with Gasteiger partial charge in [-0.1, -0.05) is 25.3 Å². The molecule has 0 atom stereocenters. The first-order chi connectivity index (χ1) is 10.1. The van der Waals surface area contributed by atoms with Crippen LogP contribution in [0.5, 0.6) is 11.5 Å². The molecule has 5 heteroatoms. The molecule has 2 rings (SSSR count). The number of carbonyl (C=O) groups is 1. The van der Waals surface area contributed by atoms with E-state index in [2.05, 4.69) is 11.4 Å². The van der Waals surface area contributed by atoms with E-state index in [4.69, 9.17) is 4.74 Å². The first kappa shape index (κ1) is 15.2.